The summed E-state index contributed by atoms with van der Waals surface area (Å²) in [5, 5.41) is 8.73. The number of hydrogen-bond donors (Lipinski definition) is 0. The van der Waals surface area contributed by atoms with Gasteiger partial charge in [0.25, 0.3) is 0 Å². The summed E-state index contributed by atoms with van der Waals surface area (Å²) in [6.07, 6.45) is 5.06. The van der Waals surface area contributed by atoms with Gasteiger partial charge in [0, 0.05) is 6.20 Å². The first-order chi connectivity index (χ1) is 7.74. The van der Waals surface area contributed by atoms with Gasteiger partial charge in [-0.05, 0) is 6.92 Å². The maximum Gasteiger partial charge on any atom is 0.235 e. The Morgan fingerprint density at radius 1 is 1.50 bits per heavy atom. The molecule has 0 aliphatic heterocycles. The lowest BCUT2D eigenvalue weighted by Gasteiger charge is -2.01. The van der Waals surface area contributed by atoms with Crippen LogP contribution in [0.4, 0.5) is 0 Å². The van der Waals surface area contributed by atoms with Gasteiger partial charge in [-0.3, -0.25) is 9.36 Å². The number of aldehydes is 1. The van der Waals surface area contributed by atoms with Crippen LogP contribution in [-0.2, 0) is 0 Å². The second kappa shape index (κ2) is 3.90. The number of carbonyl (C=O) groups excluding carboxylic acids is 1. The summed E-state index contributed by atoms with van der Waals surface area (Å²) in [5.74, 6) is 0.386. The molecule has 2 aromatic heterocycles. The number of rotatable bonds is 2. The highest BCUT2D eigenvalue weighted by Gasteiger charge is 2.05. The molecule has 16 heavy (non-hydrogen) atoms. The van der Waals surface area contributed by atoms with Gasteiger partial charge in [-0.2, -0.15) is 5.26 Å². The summed E-state index contributed by atoms with van der Waals surface area (Å²) in [5.41, 5.74) is 1.33. The Balaban J connectivity index is 2.45. The Morgan fingerprint density at radius 3 is 2.88 bits per heavy atom. The maximum atomic E-state index is 10.5. The predicted octanol–water partition coefficient (Wildman–Crippen LogP) is 0.655. The Labute approximate surface area is 91.2 Å². The van der Waals surface area contributed by atoms with E-state index in [1.807, 2.05) is 6.07 Å². The zero-order valence-electron chi connectivity index (χ0n) is 8.45. The first-order valence-corrected chi connectivity index (χ1v) is 4.48. The lowest BCUT2D eigenvalue weighted by Crippen LogP contribution is -2.01. The molecule has 0 aliphatic carbocycles. The minimum atomic E-state index is 0.311. The standard InChI is InChI=1S/C10H7N5O/c1-7-8(2-11)3-12-10(14-7)15-4-9(5-16)13-6-15/h3-6H,1H3. The summed E-state index contributed by atoms with van der Waals surface area (Å²) in [7, 11) is 0. The van der Waals surface area contributed by atoms with Gasteiger partial charge in [0.15, 0.2) is 6.29 Å². The molecule has 0 saturated heterocycles. The number of carbonyl (C=O) groups is 1. The van der Waals surface area contributed by atoms with Crippen molar-refractivity contribution in [3.05, 3.63) is 35.7 Å². The summed E-state index contributed by atoms with van der Waals surface area (Å²) < 4.78 is 1.53. The molecule has 0 amide bonds. The Hall–Kier alpha value is -2.55. The molecule has 0 aromatic carbocycles. The highest BCUT2D eigenvalue weighted by molar-refractivity contribution is 5.71. The van der Waals surface area contributed by atoms with E-state index in [-0.39, 0.29) is 0 Å². The zero-order valence-corrected chi connectivity index (χ0v) is 8.45. The largest absolute Gasteiger partial charge is 0.296 e. The average molecular weight is 213 g/mol. The van der Waals surface area contributed by atoms with Crippen molar-refractivity contribution in [3.8, 4) is 12.0 Å². The minimum absolute atomic E-state index is 0.311. The van der Waals surface area contributed by atoms with Crippen molar-refractivity contribution < 1.29 is 4.79 Å². The Bertz CT molecular complexity index is 581. The fourth-order valence-corrected chi connectivity index (χ4v) is 1.20. The third kappa shape index (κ3) is 1.66. The van der Waals surface area contributed by atoms with Gasteiger partial charge in [0.1, 0.15) is 18.1 Å². The third-order valence-corrected chi connectivity index (χ3v) is 2.04. The van der Waals surface area contributed by atoms with Crippen LogP contribution in [0.1, 0.15) is 21.7 Å². The monoisotopic (exact) mass is 213 g/mol. The van der Waals surface area contributed by atoms with Crippen LogP contribution in [0.2, 0.25) is 0 Å². The molecule has 0 bridgehead atoms. The molecule has 0 fully saturated rings. The van der Waals surface area contributed by atoms with E-state index in [0.717, 1.165) is 0 Å². The van der Waals surface area contributed by atoms with Gasteiger partial charge in [-0.25, -0.2) is 15.0 Å². The molecule has 0 saturated carbocycles. The van der Waals surface area contributed by atoms with Gasteiger partial charge < -0.3 is 0 Å². The quantitative estimate of drug-likeness (QED) is 0.684. The van der Waals surface area contributed by atoms with Crippen molar-refractivity contribution >= 4 is 6.29 Å². The molecule has 0 N–H and O–H groups in total. The van der Waals surface area contributed by atoms with Crippen LogP contribution in [0.3, 0.4) is 0 Å². The summed E-state index contributed by atoms with van der Waals surface area (Å²) in [6, 6.07) is 1.98. The number of nitrogens with zero attached hydrogens (tertiary/aromatic N) is 5. The summed E-state index contributed by atoms with van der Waals surface area (Å²) >= 11 is 0. The smallest absolute Gasteiger partial charge is 0.235 e. The fourth-order valence-electron chi connectivity index (χ4n) is 1.20. The summed E-state index contributed by atoms with van der Waals surface area (Å²) in [6.45, 7) is 1.72. The van der Waals surface area contributed by atoms with E-state index < -0.39 is 0 Å². The van der Waals surface area contributed by atoms with Crippen molar-refractivity contribution in [1.82, 2.24) is 19.5 Å². The normalized spacial score (nSPS) is 9.75. The maximum absolute atomic E-state index is 10.5. The Morgan fingerprint density at radius 2 is 2.31 bits per heavy atom. The molecule has 0 unspecified atom stereocenters. The Kier molecular flexibility index (Phi) is 2.44. The van der Waals surface area contributed by atoms with Crippen molar-refractivity contribution in [2.45, 2.75) is 6.92 Å². The molecular weight excluding hydrogens is 206 g/mol. The second-order valence-corrected chi connectivity index (χ2v) is 3.10. The van der Waals surface area contributed by atoms with E-state index >= 15 is 0 Å². The van der Waals surface area contributed by atoms with Gasteiger partial charge in [-0.15, -0.1) is 0 Å². The van der Waals surface area contributed by atoms with Crippen LogP contribution in [0.15, 0.2) is 18.7 Å². The van der Waals surface area contributed by atoms with Crippen LogP contribution in [0, 0.1) is 18.3 Å². The van der Waals surface area contributed by atoms with Gasteiger partial charge in [0.05, 0.1) is 17.5 Å². The highest BCUT2D eigenvalue weighted by Crippen LogP contribution is 2.06. The van der Waals surface area contributed by atoms with E-state index in [0.29, 0.717) is 29.2 Å². The van der Waals surface area contributed by atoms with Crippen molar-refractivity contribution in [1.29, 1.82) is 5.26 Å². The predicted molar refractivity (Wildman–Crippen MR) is 54.0 cm³/mol. The van der Waals surface area contributed by atoms with E-state index in [4.69, 9.17) is 5.26 Å². The topological polar surface area (TPSA) is 84.5 Å². The van der Waals surface area contributed by atoms with Crippen LogP contribution < -0.4 is 0 Å². The number of aryl methyl sites for hydroxylation is 1. The first kappa shape index (κ1) is 9.98. The summed E-state index contributed by atoms with van der Waals surface area (Å²) in [4.78, 5) is 22.4. The zero-order chi connectivity index (χ0) is 11.5. The SMILES string of the molecule is Cc1nc(-n2cnc(C=O)c2)ncc1C#N. The van der Waals surface area contributed by atoms with Crippen molar-refractivity contribution in [2.24, 2.45) is 0 Å². The fraction of sp³-hybridized carbons (Fsp3) is 0.100. The molecule has 78 valence electrons. The molecule has 2 heterocycles. The van der Waals surface area contributed by atoms with Gasteiger partial charge in [0.2, 0.25) is 5.95 Å². The number of aromatic nitrogens is 4. The molecule has 2 aromatic rings. The highest BCUT2D eigenvalue weighted by atomic mass is 16.1. The molecule has 6 heteroatoms. The lowest BCUT2D eigenvalue weighted by molar-refractivity contribution is 0.111. The molecule has 0 spiro atoms. The number of nitriles is 1. The van der Waals surface area contributed by atoms with E-state index in [1.165, 1.54) is 23.3 Å². The van der Waals surface area contributed by atoms with E-state index in [9.17, 15) is 4.79 Å². The number of hydrogen-bond acceptors (Lipinski definition) is 5. The molecular formula is C10H7N5O. The molecule has 2 rings (SSSR count). The third-order valence-electron chi connectivity index (χ3n) is 2.04. The van der Waals surface area contributed by atoms with Crippen molar-refractivity contribution in [3.63, 3.8) is 0 Å². The van der Waals surface area contributed by atoms with Gasteiger partial charge in [-0.1, -0.05) is 0 Å². The van der Waals surface area contributed by atoms with Crippen LogP contribution >= 0.6 is 0 Å². The molecule has 0 aliphatic rings. The van der Waals surface area contributed by atoms with Crippen LogP contribution in [-0.4, -0.2) is 25.8 Å². The first-order valence-electron chi connectivity index (χ1n) is 4.48. The second-order valence-electron chi connectivity index (χ2n) is 3.10. The van der Waals surface area contributed by atoms with Crippen molar-refractivity contribution in [2.75, 3.05) is 0 Å². The van der Waals surface area contributed by atoms with Crippen LogP contribution in [0.5, 0.6) is 0 Å². The van der Waals surface area contributed by atoms with Crippen LogP contribution in [0.25, 0.3) is 5.95 Å². The van der Waals surface area contributed by atoms with Gasteiger partial charge >= 0.3 is 0 Å². The number of imidazole rings is 1. The van der Waals surface area contributed by atoms with E-state index in [2.05, 4.69) is 15.0 Å². The molecule has 0 atom stereocenters. The van der Waals surface area contributed by atoms with E-state index in [1.54, 1.807) is 6.92 Å². The minimum Gasteiger partial charge on any atom is -0.296 e. The lowest BCUT2D eigenvalue weighted by atomic mass is 10.3. The molecule has 6 nitrogen and oxygen atoms in total. The molecule has 0 radical (unpaired) electrons. The average Bonchev–Trinajstić information content (AvgIpc) is 2.77.